The third kappa shape index (κ3) is 4.51. The molecule has 0 unspecified atom stereocenters. The minimum absolute atomic E-state index is 0.0924. The monoisotopic (exact) mass is 328 g/mol. The third-order valence-corrected chi connectivity index (χ3v) is 4.36. The number of amides is 2. The van der Waals surface area contributed by atoms with Crippen molar-refractivity contribution < 1.29 is 14.3 Å². The highest BCUT2D eigenvalue weighted by molar-refractivity contribution is 5.93. The molecular weight excluding hydrogens is 304 g/mol. The smallest absolute Gasteiger partial charge is 0.299 e. The Morgan fingerprint density at radius 3 is 2.38 bits per heavy atom. The van der Waals surface area contributed by atoms with Gasteiger partial charge in [-0.3, -0.25) is 9.59 Å². The first-order valence-electron chi connectivity index (χ1n) is 8.17. The first kappa shape index (κ1) is 17.9. The van der Waals surface area contributed by atoms with Crippen LogP contribution in [0.2, 0.25) is 0 Å². The van der Waals surface area contributed by atoms with Crippen molar-refractivity contribution in [1.82, 2.24) is 9.80 Å². The molecule has 0 saturated carbocycles. The topological polar surface area (TPSA) is 49.9 Å². The van der Waals surface area contributed by atoms with E-state index in [4.69, 9.17) is 4.74 Å². The van der Waals surface area contributed by atoms with Crippen molar-refractivity contribution in [3.05, 3.63) is 29.8 Å². The van der Waals surface area contributed by atoms with Crippen LogP contribution >= 0.6 is 0 Å². The van der Waals surface area contributed by atoms with Crippen LogP contribution in [-0.4, -0.2) is 47.9 Å². The van der Waals surface area contributed by atoms with Gasteiger partial charge in [0, 0.05) is 32.6 Å². The molecule has 0 aromatic heterocycles. The number of carbonyl (C=O) groups excluding carboxylic acids is 2. The largest absolute Gasteiger partial charge is 0.497 e. The number of nitrogens with zero attached hydrogens (tertiary/aromatic N) is 2. The Hall–Kier alpha value is -2.48. The highest BCUT2D eigenvalue weighted by Gasteiger charge is 2.28. The number of piperidine rings is 1. The van der Waals surface area contributed by atoms with Gasteiger partial charge in [-0.25, -0.2) is 0 Å². The molecule has 2 rings (SSSR count). The molecule has 1 aromatic carbocycles. The summed E-state index contributed by atoms with van der Waals surface area (Å²) < 4.78 is 5.17. The second kappa shape index (κ2) is 8.39. The third-order valence-electron chi connectivity index (χ3n) is 4.36. The van der Waals surface area contributed by atoms with Crippen molar-refractivity contribution in [2.24, 2.45) is 0 Å². The zero-order valence-electron chi connectivity index (χ0n) is 14.5. The molecule has 0 atom stereocenters. The summed E-state index contributed by atoms with van der Waals surface area (Å²) in [6.45, 7) is 5.14. The van der Waals surface area contributed by atoms with Crippen molar-refractivity contribution in [2.75, 3.05) is 20.2 Å². The van der Waals surface area contributed by atoms with E-state index in [2.05, 4.69) is 11.8 Å². The zero-order valence-corrected chi connectivity index (χ0v) is 14.5. The lowest BCUT2D eigenvalue weighted by Gasteiger charge is -2.37. The summed E-state index contributed by atoms with van der Waals surface area (Å²) in [6, 6.07) is 7.81. The Balaban J connectivity index is 2.11. The van der Waals surface area contributed by atoms with E-state index in [1.165, 1.54) is 0 Å². The standard InChI is InChI=1S/C19H24N2O3/c1-4-5-19(23)21(14-16-6-8-18(24-3)9-7-16)17-10-12-20(13-11-17)15(2)22/h6-9,17H,10-14H2,1-3H3. The van der Waals surface area contributed by atoms with E-state index >= 15 is 0 Å². The second-order valence-electron chi connectivity index (χ2n) is 5.89. The molecule has 2 amide bonds. The summed E-state index contributed by atoms with van der Waals surface area (Å²) in [5.74, 6) is 6.07. The number of methoxy groups -OCH3 is 1. The van der Waals surface area contributed by atoms with Crippen LogP contribution in [-0.2, 0) is 16.1 Å². The van der Waals surface area contributed by atoms with Crippen LogP contribution in [0.25, 0.3) is 0 Å². The molecule has 1 saturated heterocycles. The van der Waals surface area contributed by atoms with E-state index in [9.17, 15) is 9.59 Å². The highest BCUT2D eigenvalue weighted by atomic mass is 16.5. The summed E-state index contributed by atoms with van der Waals surface area (Å²) in [4.78, 5) is 27.6. The molecule has 0 aliphatic carbocycles. The predicted molar refractivity (Wildman–Crippen MR) is 92.3 cm³/mol. The maximum Gasteiger partial charge on any atom is 0.299 e. The SMILES string of the molecule is CC#CC(=O)N(Cc1ccc(OC)cc1)C1CCN(C(C)=O)CC1. The Labute approximate surface area is 143 Å². The lowest BCUT2D eigenvalue weighted by atomic mass is 10.0. The van der Waals surface area contributed by atoms with Crippen LogP contribution < -0.4 is 4.74 Å². The van der Waals surface area contributed by atoms with E-state index in [1.54, 1.807) is 21.0 Å². The second-order valence-corrected chi connectivity index (χ2v) is 5.89. The van der Waals surface area contributed by atoms with Gasteiger partial charge in [-0.1, -0.05) is 18.1 Å². The molecule has 24 heavy (non-hydrogen) atoms. The molecule has 0 bridgehead atoms. The van der Waals surface area contributed by atoms with Gasteiger partial charge in [-0.05, 0) is 43.4 Å². The van der Waals surface area contributed by atoms with E-state index in [-0.39, 0.29) is 17.9 Å². The molecule has 1 aliphatic heterocycles. The molecule has 1 heterocycles. The van der Waals surface area contributed by atoms with E-state index in [1.807, 2.05) is 34.1 Å². The molecule has 1 aromatic rings. The van der Waals surface area contributed by atoms with E-state index < -0.39 is 0 Å². The number of ether oxygens (including phenoxy) is 1. The van der Waals surface area contributed by atoms with Gasteiger partial charge in [-0.2, -0.15) is 0 Å². The Kier molecular flexibility index (Phi) is 6.25. The van der Waals surface area contributed by atoms with Crippen LogP contribution in [0, 0.1) is 11.8 Å². The number of carbonyl (C=O) groups is 2. The molecule has 1 aliphatic rings. The van der Waals surface area contributed by atoms with Crippen LogP contribution in [0.5, 0.6) is 5.75 Å². The summed E-state index contributed by atoms with van der Waals surface area (Å²) in [6.07, 6.45) is 1.57. The molecule has 5 nitrogen and oxygen atoms in total. The maximum atomic E-state index is 12.4. The van der Waals surface area contributed by atoms with E-state index in [0.29, 0.717) is 19.6 Å². The normalized spacial score (nSPS) is 14.5. The Bertz CT molecular complexity index is 635. The number of likely N-dealkylation sites (tertiary alicyclic amines) is 1. The Morgan fingerprint density at radius 2 is 1.88 bits per heavy atom. The zero-order chi connectivity index (χ0) is 17.5. The summed E-state index contributed by atoms with van der Waals surface area (Å²) in [5, 5.41) is 0. The lowest BCUT2D eigenvalue weighted by Crippen LogP contribution is -2.47. The van der Waals surface area contributed by atoms with Gasteiger partial charge in [0.25, 0.3) is 5.91 Å². The van der Waals surface area contributed by atoms with E-state index in [0.717, 1.165) is 24.2 Å². The van der Waals surface area contributed by atoms with Gasteiger partial charge in [0.15, 0.2) is 0 Å². The summed E-state index contributed by atoms with van der Waals surface area (Å²) in [5.41, 5.74) is 1.04. The first-order valence-corrected chi connectivity index (χ1v) is 8.17. The van der Waals surface area contributed by atoms with Gasteiger partial charge >= 0.3 is 0 Å². The van der Waals surface area contributed by atoms with Gasteiger partial charge < -0.3 is 14.5 Å². The molecule has 1 fully saturated rings. The van der Waals surface area contributed by atoms with Crippen LogP contribution in [0.3, 0.4) is 0 Å². The number of hydrogen-bond acceptors (Lipinski definition) is 3. The van der Waals surface area contributed by atoms with Crippen molar-refractivity contribution in [3.63, 3.8) is 0 Å². The quantitative estimate of drug-likeness (QED) is 0.795. The number of rotatable bonds is 4. The van der Waals surface area contributed by atoms with Crippen molar-refractivity contribution in [2.45, 2.75) is 39.3 Å². The number of benzene rings is 1. The average molecular weight is 328 g/mol. The fourth-order valence-corrected chi connectivity index (χ4v) is 2.97. The summed E-state index contributed by atoms with van der Waals surface area (Å²) in [7, 11) is 1.63. The van der Waals surface area contributed by atoms with Crippen LogP contribution in [0.1, 0.15) is 32.3 Å². The molecule has 0 radical (unpaired) electrons. The minimum Gasteiger partial charge on any atom is -0.497 e. The molecule has 0 N–H and O–H groups in total. The average Bonchev–Trinajstić information content (AvgIpc) is 2.60. The lowest BCUT2D eigenvalue weighted by molar-refractivity contribution is -0.132. The van der Waals surface area contributed by atoms with Gasteiger partial charge in [0.2, 0.25) is 5.91 Å². The van der Waals surface area contributed by atoms with Crippen molar-refractivity contribution in [3.8, 4) is 17.6 Å². The van der Waals surface area contributed by atoms with Crippen LogP contribution in [0.4, 0.5) is 0 Å². The highest BCUT2D eigenvalue weighted by Crippen LogP contribution is 2.20. The fraction of sp³-hybridized carbons (Fsp3) is 0.474. The van der Waals surface area contributed by atoms with Crippen molar-refractivity contribution >= 4 is 11.8 Å². The number of hydrogen-bond donors (Lipinski definition) is 0. The predicted octanol–water partition coefficient (Wildman–Crippen LogP) is 2.06. The van der Waals surface area contributed by atoms with Gasteiger partial charge in [0.05, 0.1) is 7.11 Å². The molecule has 128 valence electrons. The first-order chi connectivity index (χ1) is 11.5. The van der Waals surface area contributed by atoms with Gasteiger partial charge in [0.1, 0.15) is 5.75 Å². The molecule has 0 spiro atoms. The van der Waals surface area contributed by atoms with Crippen LogP contribution in [0.15, 0.2) is 24.3 Å². The summed E-state index contributed by atoms with van der Waals surface area (Å²) >= 11 is 0. The Morgan fingerprint density at radius 1 is 1.25 bits per heavy atom. The molecule has 5 heteroatoms. The van der Waals surface area contributed by atoms with Crippen molar-refractivity contribution in [1.29, 1.82) is 0 Å². The maximum absolute atomic E-state index is 12.4. The fourth-order valence-electron chi connectivity index (χ4n) is 2.97. The molecular formula is C19H24N2O3. The minimum atomic E-state index is -0.158. The van der Waals surface area contributed by atoms with Gasteiger partial charge in [-0.15, -0.1) is 0 Å².